The van der Waals surface area contributed by atoms with Gasteiger partial charge >= 0.3 is 5.97 Å². The van der Waals surface area contributed by atoms with Crippen molar-refractivity contribution in [2.75, 3.05) is 59.6 Å². The van der Waals surface area contributed by atoms with E-state index in [0.29, 0.717) is 19.0 Å². The minimum Gasteiger partial charge on any atom is -0.493 e. The van der Waals surface area contributed by atoms with Crippen LogP contribution in [0.3, 0.4) is 0 Å². The Morgan fingerprint density at radius 3 is 2.24 bits per heavy atom. The average Bonchev–Trinajstić information content (AvgIpc) is 2.86. The molecule has 1 amide bonds. The second-order valence-electron chi connectivity index (χ2n) is 7.08. The number of carbonyl (C=O) groups is 2. The van der Waals surface area contributed by atoms with Crippen LogP contribution in [0.15, 0.2) is 41.3 Å². The van der Waals surface area contributed by atoms with Crippen LogP contribution >= 0.6 is 0 Å². The number of hydrogen-bond acceptors (Lipinski definition) is 9. The number of methoxy groups -OCH3 is 3. The van der Waals surface area contributed by atoms with Crippen LogP contribution in [0.2, 0.25) is 0 Å². The quantitative estimate of drug-likeness (QED) is 0.516. The zero-order valence-corrected chi connectivity index (χ0v) is 19.8. The van der Waals surface area contributed by atoms with Crippen molar-refractivity contribution in [2.45, 2.75) is 4.90 Å². The van der Waals surface area contributed by atoms with E-state index in [1.807, 2.05) is 0 Å². The summed E-state index contributed by atoms with van der Waals surface area (Å²) in [5.74, 6) is -0.584. The summed E-state index contributed by atoms with van der Waals surface area (Å²) >= 11 is 0. The third-order valence-electron chi connectivity index (χ3n) is 4.96. The van der Waals surface area contributed by atoms with Gasteiger partial charge in [-0.15, -0.1) is 0 Å². The molecule has 1 heterocycles. The molecular weight excluding hydrogens is 468 g/mol. The molecule has 34 heavy (non-hydrogen) atoms. The van der Waals surface area contributed by atoms with Gasteiger partial charge in [0.1, 0.15) is 0 Å². The number of amides is 1. The third kappa shape index (κ3) is 5.76. The lowest BCUT2D eigenvalue weighted by Crippen LogP contribution is -2.40. The van der Waals surface area contributed by atoms with Gasteiger partial charge in [0, 0.05) is 18.8 Å². The smallest absolute Gasteiger partial charge is 0.338 e. The van der Waals surface area contributed by atoms with Gasteiger partial charge in [0.05, 0.1) is 45.0 Å². The monoisotopic (exact) mass is 494 g/mol. The number of carbonyl (C=O) groups excluding carboxylic acids is 2. The van der Waals surface area contributed by atoms with E-state index in [2.05, 4.69) is 5.32 Å². The Hall–Kier alpha value is -3.35. The van der Waals surface area contributed by atoms with Gasteiger partial charge in [-0.05, 0) is 30.3 Å². The van der Waals surface area contributed by atoms with Crippen molar-refractivity contribution in [2.24, 2.45) is 0 Å². The zero-order valence-electron chi connectivity index (χ0n) is 19.0. The highest BCUT2D eigenvalue weighted by Gasteiger charge is 2.26. The third-order valence-corrected chi connectivity index (χ3v) is 6.86. The topological polar surface area (TPSA) is 130 Å². The summed E-state index contributed by atoms with van der Waals surface area (Å²) in [5, 5.41) is 2.53. The molecule has 1 aliphatic rings. The fraction of sp³-hybridized carbons (Fsp3) is 0.364. The van der Waals surface area contributed by atoms with Gasteiger partial charge in [-0.2, -0.15) is 4.31 Å². The SMILES string of the molecule is COc1cc(C(=O)OCC(=O)Nc2cccc(S(=O)(=O)N3CCOCC3)c2)cc(OC)c1OC. The van der Waals surface area contributed by atoms with Crippen LogP contribution in [0.4, 0.5) is 5.69 Å². The molecule has 0 atom stereocenters. The molecule has 12 heteroatoms. The number of rotatable bonds is 9. The molecule has 1 saturated heterocycles. The van der Waals surface area contributed by atoms with Crippen LogP contribution in [-0.4, -0.2) is 78.8 Å². The Morgan fingerprint density at radius 2 is 1.65 bits per heavy atom. The number of benzene rings is 2. The molecule has 2 aromatic rings. The highest BCUT2D eigenvalue weighted by molar-refractivity contribution is 7.89. The van der Waals surface area contributed by atoms with Gasteiger partial charge in [0.2, 0.25) is 15.8 Å². The summed E-state index contributed by atoms with van der Waals surface area (Å²) in [6.07, 6.45) is 0. The van der Waals surface area contributed by atoms with Crippen molar-refractivity contribution in [3.05, 3.63) is 42.0 Å². The summed E-state index contributed by atoms with van der Waals surface area (Å²) in [6.45, 7) is 0.585. The molecule has 0 spiro atoms. The second-order valence-corrected chi connectivity index (χ2v) is 9.02. The Morgan fingerprint density at radius 1 is 1.00 bits per heavy atom. The molecule has 0 radical (unpaired) electrons. The van der Waals surface area contributed by atoms with Crippen molar-refractivity contribution >= 4 is 27.6 Å². The van der Waals surface area contributed by atoms with Gasteiger partial charge in [-0.3, -0.25) is 4.79 Å². The van der Waals surface area contributed by atoms with Gasteiger partial charge in [0.25, 0.3) is 5.91 Å². The Kier molecular flexibility index (Phi) is 8.31. The van der Waals surface area contributed by atoms with Gasteiger partial charge in [-0.1, -0.05) is 6.07 Å². The van der Waals surface area contributed by atoms with E-state index >= 15 is 0 Å². The predicted octanol–water partition coefficient (Wildman–Crippen LogP) is 1.53. The van der Waals surface area contributed by atoms with Gasteiger partial charge in [0.15, 0.2) is 18.1 Å². The molecule has 3 rings (SSSR count). The van der Waals surface area contributed by atoms with E-state index in [4.69, 9.17) is 23.7 Å². The maximum Gasteiger partial charge on any atom is 0.338 e. The average molecular weight is 495 g/mol. The maximum atomic E-state index is 12.8. The number of anilines is 1. The highest BCUT2D eigenvalue weighted by atomic mass is 32.2. The number of nitrogens with one attached hydrogen (secondary N) is 1. The maximum absolute atomic E-state index is 12.8. The summed E-state index contributed by atoms with van der Waals surface area (Å²) in [5.41, 5.74) is 0.351. The van der Waals surface area contributed by atoms with Gasteiger partial charge < -0.3 is 29.0 Å². The first-order chi connectivity index (χ1) is 16.3. The van der Waals surface area contributed by atoms with Crippen molar-refractivity contribution in [3.63, 3.8) is 0 Å². The van der Waals surface area contributed by atoms with E-state index in [1.54, 1.807) is 0 Å². The summed E-state index contributed by atoms with van der Waals surface area (Å²) in [4.78, 5) is 24.8. The molecule has 0 saturated carbocycles. The van der Waals surface area contributed by atoms with Crippen molar-refractivity contribution in [1.29, 1.82) is 0 Å². The van der Waals surface area contributed by atoms with Crippen LogP contribution in [0, 0.1) is 0 Å². The van der Waals surface area contributed by atoms with Crippen LogP contribution in [0.25, 0.3) is 0 Å². The summed E-state index contributed by atoms with van der Waals surface area (Å²) in [6, 6.07) is 8.67. The number of sulfonamides is 1. The van der Waals surface area contributed by atoms with Crippen LogP contribution < -0.4 is 19.5 Å². The predicted molar refractivity (Wildman–Crippen MR) is 121 cm³/mol. The van der Waals surface area contributed by atoms with Crippen molar-refractivity contribution in [1.82, 2.24) is 4.31 Å². The molecule has 2 aromatic carbocycles. The van der Waals surface area contributed by atoms with Crippen molar-refractivity contribution in [3.8, 4) is 17.2 Å². The Bertz CT molecular complexity index is 1120. The first-order valence-corrected chi connectivity index (χ1v) is 11.7. The first-order valence-electron chi connectivity index (χ1n) is 10.2. The molecule has 0 aromatic heterocycles. The molecule has 0 unspecified atom stereocenters. The zero-order chi connectivity index (χ0) is 24.7. The van der Waals surface area contributed by atoms with E-state index in [1.165, 1.54) is 62.0 Å². The number of ether oxygens (including phenoxy) is 5. The number of hydrogen-bond donors (Lipinski definition) is 1. The van der Waals surface area contributed by atoms with Crippen LogP contribution in [0.5, 0.6) is 17.2 Å². The minimum absolute atomic E-state index is 0.0432. The van der Waals surface area contributed by atoms with Gasteiger partial charge in [-0.25, -0.2) is 13.2 Å². The molecule has 184 valence electrons. The molecule has 1 fully saturated rings. The lowest BCUT2D eigenvalue weighted by Gasteiger charge is -2.26. The normalized spacial score (nSPS) is 14.2. The fourth-order valence-electron chi connectivity index (χ4n) is 3.28. The Balaban J connectivity index is 1.64. The lowest BCUT2D eigenvalue weighted by molar-refractivity contribution is -0.119. The van der Waals surface area contributed by atoms with E-state index in [-0.39, 0.29) is 40.7 Å². The summed E-state index contributed by atoms with van der Waals surface area (Å²) < 4.78 is 52.8. The fourth-order valence-corrected chi connectivity index (χ4v) is 4.74. The number of morpholine rings is 1. The number of nitrogens with zero attached hydrogens (tertiary/aromatic N) is 1. The second kappa shape index (κ2) is 11.2. The molecule has 1 N–H and O–H groups in total. The van der Waals surface area contributed by atoms with E-state index in [0.717, 1.165) is 0 Å². The Labute approximate surface area is 197 Å². The van der Waals surface area contributed by atoms with E-state index in [9.17, 15) is 18.0 Å². The van der Waals surface area contributed by atoms with Crippen LogP contribution in [0.1, 0.15) is 10.4 Å². The molecular formula is C22H26N2O9S. The number of esters is 1. The largest absolute Gasteiger partial charge is 0.493 e. The van der Waals surface area contributed by atoms with Crippen LogP contribution in [-0.2, 0) is 24.3 Å². The molecule has 11 nitrogen and oxygen atoms in total. The first kappa shape index (κ1) is 25.3. The molecule has 1 aliphatic heterocycles. The molecule has 0 aliphatic carbocycles. The highest BCUT2D eigenvalue weighted by Crippen LogP contribution is 2.38. The lowest BCUT2D eigenvalue weighted by atomic mass is 10.2. The van der Waals surface area contributed by atoms with E-state index < -0.39 is 28.5 Å². The molecule has 0 bridgehead atoms. The standard InChI is InChI=1S/C22H26N2O9S/c1-29-18-11-15(12-19(30-2)21(18)31-3)22(26)33-14-20(25)23-16-5-4-6-17(13-16)34(27,28)24-7-9-32-10-8-24/h4-6,11-13H,7-10,14H2,1-3H3,(H,23,25). The van der Waals surface area contributed by atoms with Crippen molar-refractivity contribution < 1.29 is 41.7 Å². The summed E-state index contributed by atoms with van der Waals surface area (Å²) in [7, 11) is 0.536. The minimum atomic E-state index is -3.72.